The summed E-state index contributed by atoms with van der Waals surface area (Å²) in [6, 6.07) is 3.69. The van der Waals surface area contributed by atoms with E-state index >= 15 is 0 Å². The maximum atomic E-state index is 12.0. The average molecular weight is 287 g/mol. The summed E-state index contributed by atoms with van der Waals surface area (Å²) >= 11 is 7.33. The molecule has 1 fully saturated rings. The van der Waals surface area contributed by atoms with Crippen LogP contribution in [0, 0.1) is 5.92 Å². The summed E-state index contributed by atoms with van der Waals surface area (Å²) in [5, 5.41) is 5.67. The third-order valence-corrected chi connectivity index (χ3v) is 4.43. The SMILES string of the molecule is C[C@H](NC(=O)[C@H]1CCC(=O)NC1)c1ccc(Cl)s1. The van der Waals surface area contributed by atoms with Gasteiger partial charge in [-0.1, -0.05) is 11.6 Å². The van der Waals surface area contributed by atoms with Gasteiger partial charge in [0.05, 0.1) is 16.3 Å². The number of carbonyl (C=O) groups is 2. The van der Waals surface area contributed by atoms with Gasteiger partial charge in [-0.15, -0.1) is 11.3 Å². The molecule has 2 atom stereocenters. The normalized spacial score (nSPS) is 21.2. The molecule has 2 amide bonds. The zero-order valence-corrected chi connectivity index (χ0v) is 11.6. The molecular formula is C12H15ClN2O2S. The molecule has 18 heavy (non-hydrogen) atoms. The van der Waals surface area contributed by atoms with Crippen LogP contribution in [0.5, 0.6) is 0 Å². The molecule has 2 heterocycles. The summed E-state index contributed by atoms with van der Waals surface area (Å²) in [6.07, 6.45) is 1.05. The summed E-state index contributed by atoms with van der Waals surface area (Å²) in [7, 11) is 0. The van der Waals surface area contributed by atoms with Gasteiger partial charge in [0.25, 0.3) is 0 Å². The molecule has 2 N–H and O–H groups in total. The minimum absolute atomic E-state index is 0.00739. The van der Waals surface area contributed by atoms with Crippen molar-refractivity contribution < 1.29 is 9.59 Å². The monoisotopic (exact) mass is 286 g/mol. The molecule has 0 spiro atoms. The molecule has 1 aromatic heterocycles. The van der Waals surface area contributed by atoms with Gasteiger partial charge >= 0.3 is 0 Å². The molecule has 1 saturated heterocycles. The highest BCUT2D eigenvalue weighted by molar-refractivity contribution is 7.16. The van der Waals surface area contributed by atoms with E-state index in [2.05, 4.69) is 10.6 Å². The number of hydrogen-bond acceptors (Lipinski definition) is 3. The number of rotatable bonds is 3. The third-order valence-electron chi connectivity index (χ3n) is 3.02. The topological polar surface area (TPSA) is 58.2 Å². The summed E-state index contributed by atoms with van der Waals surface area (Å²) in [5.74, 6) is -0.107. The van der Waals surface area contributed by atoms with Crippen LogP contribution in [0.1, 0.15) is 30.7 Å². The first-order chi connectivity index (χ1) is 8.56. The highest BCUT2D eigenvalue weighted by Crippen LogP contribution is 2.27. The molecule has 0 bridgehead atoms. The molecular weight excluding hydrogens is 272 g/mol. The fourth-order valence-electron chi connectivity index (χ4n) is 1.92. The first-order valence-corrected chi connectivity index (χ1v) is 7.08. The Balaban J connectivity index is 1.89. The van der Waals surface area contributed by atoms with Crippen LogP contribution in [0.2, 0.25) is 4.34 Å². The molecule has 98 valence electrons. The Morgan fingerprint density at radius 1 is 1.61 bits per heavy atom. The Hall–Kier alpha value is -1.07. The van der Waals surface area contributed by atoms with Gasteiger partial charge in [0.15, 0.2) is 0 Å². The number of halogens is 1. The van der Waals surface area contributed by atoms with Crippen molar-refractivity contribution in [2.45, 2.75) is 25.8 Å². The maximum Gasteiger partial charge on any atom is 0.225 e. The van der Waals surface area contributed by atoms with Gasteiger partial charge < -0.3 is 10.6 Å². The van der Waals surface area contributed by atoms with Crippen LogP contribution >= 0.6 is 22.9 Å². The summed E-state index contributed by atoms with van der Waals surface area (Å²) in [5.41, 5.74) is 0. The zero-order valence-electron chi connectivity index (χ0n) is 10.0. The maximum absolute atomic E-state index is 12.0. The molecule has 6 heteroatoms. The minimum atomic E-state index is -0.124. The Bertz CT molecular complexity index is 451. The van der Waals surface area contributed by atoms with Crippen molar-refractivity contribution in [2.24, 2.45) is 5.92 Å². The predicted molar refractivity (Wildman–Crippen MR) is 71.6 cm³/mol. The van der Waals surface area contributed by atoms with Crippen molar-refractivity contribution in [1.82, 2.24) is 10.6 Å². The summed E-state index contributed by atoms with van der Waals surface area (Å²) in [6.45, 7) is 2.37. The van der Waals surface area contributed by atoms with E-state index < -0.39 is 0 Å². The fourth-order valence-corrected chi connectivity index (χ4v) is 2.98. The first kappa shape index (κ1) is 13.4. The Morgan fingerprint density at radius 3 is 2.94 bits per heavy atom. The molecule has 1 aliphatic rings. The highest BCUT2D eigenvalue weighted by atomic mass is 35.5. The molecule has 4 nitrogen and oxygen atoms in total. The van der Waals surface area contributed by atoms with E-state index in [1.165, 1.54) is 11.3 Å². The van der Waals surface area contributed by atoms with Crippen LogP contribution < -0.4 is 10.6 Å². The van der Waals surface area contributed by atoms with Gasteiger partial charge in [-0.05, 0) is 25.5 Å². The largest absolute Gasteiger partial charge is 0.355 e. The van der Waals surface area contributed by atoms with E-state index in [0.29, 0.717) is 19.4 Å². The molecule has 0 saturated carbocycles. The van der Waals surface area contributed by atoms with Crippen LogP contribution in [-0.4, -0.2) is 18.4 Å². The molecule has 1 aliphatic heterocycles. The number of piperidine rings is 1. The second kappa shape index (κ2) is 5.71. The average Bonchev–Trinajstić information content (AvgIpc) is 2.76. The van der Waals surface area contributed by atoms with Crippen LogP contribution in [0.25, 0.3) is 0 Å². The Kier molecular flexibility index (Phi) is 4.24. The second-order valence-electron chi connectivity index (χ2n) is 4.41. The van der Waals surface area contributed by atoms with E-state index in [0.717, 1.165) is 9.21 Å². The quantitative estimate of drug-likeness (QED) is 0.894. The van der Waals surface area contributed by atoms with Crippen LogP contribution in [-0.2, 0) is 9.59 Å². The van der Waals surface area contributed by atoms with Crippen LogP contribution in [0.3, 0.4) is 0 Å². The number of hydrogen-bond donors (Lipinski definition) is 2. The van der Waals surface area contributed by atoms with Crippen LogP contribution in [0.15, 0.2) is 12.1 Å². The smallest absolute Gasteiger partial charge is 0.225 e. The van der Waals surface area contributed by atoms with E-state index in [-0.39, 0.29) is 23.8 Å². The van der Waals surface area contributed by atoms with E-state index in [1.54, 1.807) is 0 Å². The van der Waals surface area contributed by atoms with Gasteiger partial charge in [0.1, 0.15) is 0 Å². The van der Waals surface area contributed by atoms with Crippen molar-refractivity contribution in [3.63, 3.8) is 0 Å². The van der Waals surface area contributed by atoms with E-state index in [9.17, 15) is 9.59 Å². The lowest BCUT2D eigenvalue weighted by atomic mass is 9.98. The number of carbonyl (C=O) groups excluding carboxylic acids is 2. The fraction of sp³-hybridized carbons (Fsp3) is 0.500. The zero-order chi connectivity index (χ0) is 13.1. The molecule has 0 radical (unpaired) electrons. The van der Waals surface area contributed by atoms with Gasteiger partial charge in [-0.2, -0.15) is 0 Å². The van der Waals surface area contributed by atoms with E-state index in [4.69, 9.17) is 11.6 Å². The standard InChI is InChI=1S/C12H15ClN2O2S/c1-7(9-3-4-10(13)18-9)15-12(17)8-2-5-11(16)14-6-8/h3-4,7-8H,2,5-6H2,1H3,(H,14,16)(H,15,17)/t7-,8-/m0/s1. The molecule has 0 unspecified atom stereocenters. The van der Waals surface area contributed by atoms with Gasteiger partial charge in [0.2, 0.25) is 11.8 Å². The molecule has 0 aromatic carbocycles. The Labute approximate surface area is 115 Å². The van der Waals surface area contributed by atoms with Crippen molar-refractivity contribution in [2.75, 3.05) is 6.54 Å². The Morgan fingerprint density at radius 2 is 2.39 bits per heavy atom. The van der Waals surface area contributed by atoms with Crippen LogP contribution in [0.4, 0.5) is 0 Å². The minimum Gasteiger partial charge on any atom is -0.355 e. The lowest BCUT2D eigenvalue weighted by Crippen LogP contribution is -2.43. The number of thiophene rings is 1. The van der Waals surface area contributed by atoms with Crippen molar-refractivity contribution >= 4 is 34.8 Å². The molecule has 2 rings (SSSR count). The van der Waals surface area contributed by atoms with E-state index in [1.807, 2.05) is 19.1 Å². The predicted octanol–water partition coefficient (Wildman–Crippen LogP) is 2.10. The summed E-state index contributed by atoms with van der Waals surface area (Å²) in [4.78, 5) is 24.1. The van der Waals surface area contributed by atoms with Gasteiger partial charge in [-0.25, -0.2) is 0 Å². The lowest BCUT2D eigenvalue weighted by molar-refractivity contribution is -0.129. The summed E-state index contributed by atoms with van der Waals surface area (Å²) < 4.78 is 0.719. The van der Waals surface area contributed by atoms with Crippen molar-refractivity contribution in [3.05, 3.63) is 21.3 Å². The van der Waals surface area contributed by atoms with Gasteiger partial charge in [0, 0.05) is 17.8 Å². The molecule has 0 aliphatic carbocycles. The number of nitrogens with one attached hydrogen (secondary N) is 2. The molecule has 1 aromatic rings. The third kappa shape index (κ3) is 3.23. The van der Waals surface area contributed by atoms with Gasteiger partial charge in [-0.3, -0.25) is 9.59 Å². The van der Waals surface area contributed by atoms with Crippen molar-refractivity contribution in [3.8, 4) is 0 Å². The number of amides is 2. The first-order valence-electron chi connectivity index (χ1n) is 5.88. The van der Waals surface area contributed by atoms with Crippen molar-refractivity contribution in [1.29, 1.82) is 0 Å². The highest BCUT2D eigenvalue weighted by Gasteiger charge is 2.25. The second-order valence-corrected chi connectivity index (χ2v) is 6.16. The lowest BCUT2D eigenvalue weighted by Gasteiger charge is -2.23.